The SMILES string of the molecule is c1cc(-c2ccc3ccccc3c2)cc(-c2c3ccccc3c(-c3ccc4ccc(-c5ccc6ccccc6c5)cc4c3)c3ccccc23)c1. The van der Waals surface area contributed by atoms with E-state index in [4.69, 9.17) is 0 Å². The molecule has 10 rings (SSSR count). The average molecular weight is 633 g/mol. The van der Waals surface area contributed by atoms with Gasteiger partial charge in [0, 0.05) is 0 Å². The Kier molecular flexibility index (Phi) is 6.60. The average Bonchev–Trinajstić information content (AvgIpc) is 3.19. The highest BCUT2D eigenvalue weighted by molar-refractivity contribution is 6.22. The van der Waals surface area contributed by atoms with E-state index < -0.39 is 0 Å². The lowest BCUT2D eigenvalue weighted by molar-refractivity contribution is 1.63. The Morgan fingerprint density at radius 1 is 0.180 bits per heavy atom. The summed E-state index contributed by atoms with van der Waals surface area (Å²) in [4.78, 5) is 0. The van der Waals surface area contributed by atoms with Crippen molar-refractivity contribution in [3.05, 3.63) is 194 Å². The molecule has 0 aliphatic heterocycles. The van der Waals surface area contributed by atoms with Gasteiger partial charge in [0.25, 0.3) is 0 Å². The first kappa shape index (κ1) is 28.5. The summed E-state index contributed by atoms with van der Waals surface area (Å²) in [5.74, 6) is 0. The Labute approximate surface area is 291 Å². The van der Waals surface area contributed by atoms with Crippen molar-refractivity contribution in [2.45, 2.75) is 0 Å². The highest BCUT2D eigenvalue weighted by Crippen LogP contribution is 2.45. The van der Waals surface area contributed by atoms with E-state index in [0.29, 0.717) is 0 Å². The van der Waals surface area contributed by atoms with E-state index in [1.165, 1.54) is 98.4 Å². The van der Waals surface area contributed by atoms with Gasteiger partial charge in [-0.2, -0.15) is 0 Å². The molecule has 0 aromatic heterocycles. The van der Waals surface area contributed by atoms with E-state index in [-0.39, 0.29) is 0 Å². The molecule has 0 amide bonds. The molecule has 0 saturated heterocycles. The largest absolute Gasteiger partial charge is 0.0616 e. The summed E-state index contributed by atoms with van der Waals surface area (Å²) >= 11 is 0. The smallest absolute Gasteiger partial charge is 0.00262 e. The fraction of sp³-hybridized carbons (Fsp3) is 0. The fourth-order valence-electron chi connectivity index (χ4n) is 7.92. The number of benzene rings is 10. The molecule has 0 heteroatoms. The molecule has 0 heterocycles. The van der Waals surface area contributed by atoms with Crippen LogP contribution in [0.1, 0.15) is 0 Å². The molecule has 0 unspecified atom stereocenters. The second-order valence-corrected chi connectivity index (χ2v) is 13.3. The molecule has 0 N–H and O–H groups in total. The minimum Gasteiger partial charge on any atom is -0.0616 e. The van der Waals surface area contributed by atoms with E-state index >= 15 is 0 Å². The van der Waals surface area contributed by atoms with Gasteiger partial charge in [-0.3, -0.25) is 0 Å². The van der Waals surface area contributed by atoms with Crippen LogP contribution in [-0.2, 0) is 0 Å². The second-order valence-electron chi connectivity index (χ2n) is 13.3. The van der Waals surface area contributed by atoms with Gasteiger partial charge in [-0.15, -0.1) is 0 Å². The van der Waals surface area contributed by atoms with Crippen molar-refractivity contribution in [3.8, 4) is 44.5 Å². The highest BCUT2D eigenvalue weighted by Gasteiger charge is 2.17. The zero-order valence-electron chi connectivity index (χ0n) is 27.5. The third kappa shape index (κ3) is 4.77. The number of fused-ring (bicyclic) bond motifs is 5. The van der Waals surface area contributed by atoms with Crippen molar-refractivity contribution in [3.63, 3.8) is 0 Å². The van der Waals surface area contributed by atoms with Crippen LogP contribution in [0.3, 0.4) is 0 Å². The molecule has 0 atom stereocenters. The zero-order valence-corrected chi connectivity index (χ0v) is 27.5. The first-order valence-corrected chi connectivity index (χ1v) is 17.3. The zero-order chi connectivity index (χ0) is 33.0. The van der Waals surface area contributed by atoms with E-state index in [1.54, 1.807) is 0 Å². The minimum absolute atomic E-state index is 1.22. The standard InChI is InChI=1S/C50H32/c1-3-12-36-28-39(24-20-33(36)10-1)38-14-9-15-42(30-38)49-45-16-5-7-18-47(45)50(48-19-8-6-17-46(48)49)43-27-23-35-22-26-41(31-44(35)32-43)40-25-21-34-11-2-4-13-37(34)29-40/h1-32H. The number of hydrogen-bond acceptors (Lipinski definition) is 0. The molecule has 0 saturated carbocycles. The molecule has 0 spiro atoms. The van der Waals surface area contributed by atoms with Crippen LogP contribution in [0, 0.1) is 0 Å². The first-order valence-electron chi connectivity index (χ1n) is 17.3. The highest BCUT2D eigenvalue weighted by atomic mass is 14.2. The molecule has 0 aliphatic carbocycles. The second kappa shape index (κ2) is 11.6. The molecule has 10 aromatic rings. The molecule has 0 bridgehead atoms. The molecular weight excluding hydrogens is 601 g/mol. The Morgan fingerprint density at radius 3 is 1.00 bits per heavy atom. The normalized spacial score (nSPS) is 11.6. The van der Waals surface area contributed by atoms with Crippen LogP contribution < -0.4 is 0 Å². The lowest BCUT2D eigenvalue weighted by atomic mass is 9.85. The first-order chi connectivity index (χ1) is 24.8. The maximum Gasteiger partial charge on any atom is -0.00262 e. The summed E-state index contributed by atoms with van der Waals surface area (Å²) in [5.41, 5.74) is 9.95. The Bertz CT molecular complexity index is 2870. The summed E-state index contributed by atoms with van der Waals surface area (Å²) in [6.45, 7) is 0. The van der Waals surface area contributed by atoms with Gasteiger partial charge in [-0.05, 0) is 129 Å². The van der Waals surface area contributed by atoms with Gasteiger partial charge in [0.05, 0.1) is 0 Å². The van der Waals surface area contributed by atoms with Crippen LogP contribution in [0.5, 0.6) is 0 Å². The summed E-state index contributed by atoms with van der Waals surface area (Å²) in [6, 6.07) is 71.4. The van der Waals surface area contributed by atoms with Crippen molar-refractivity contribution in [2.75, 3.05) is 0 Å². The fourth-order valence-corrected chi connectivity index (χ4v) is 7.92. The van der Waals surface area contributed by atoms with Crippen LogP contribution in [0.25, 0.3) is 98.4 Å². The van der Waals surface area contributed by atoms with E-state index in [0.717, 1.165) is 0 Å². The van der Waals surface area contributed by atoms with Crippen molar-refractivity contribution >= 4 is 53.9 Å². The lowest BCUT2D eigenvalue weighted by Gasteiger charge is -2.18. The summed E-state index contributed by atoms with van der Waals surface area (Å²) in [5, 5.41) is 12.6. The third-order valence-corrected chi connectivity index (χ3v) is 10.4. The van der Waals surface area contributed by atoms with Gasteiger partial charge in [0.1, 0.15) is 0 Å². The maximum absolute atomic E-state index is 2.38. The summed E-state index contributed by atoms with van der Waals surface area (Å²) in [6.07, 6.45) is 0. The van der Waals surface area contributed by atoms with E-state index in [2.05, 4.69) is 194 Å². The van der Waals surface area contributed by atoms with Gasteiger partial charge in [0.15, 0.2) is 0 Å². The summed E-state index contributed by atoms with van der Waals surface area (Å²) < 4.78 is 0. The molecule has 0 fully saturated rings. The molecular formula is C50H32. The van der Waals surface area contributed by atoms with Gasteiger partial charge in [-0.25, -0.2) is 0 Å². The van der Waals surface area contributed by atoms with Crippen LogP contribution in [0.15, 0.2) is 194 Å². The van der Waals surface area contributed by atoms with Crippen molar-refractivity contribution in [1.29, 1.82) is 0 Å². The van der Waals surface area contributed by atoms with E-state index in [9.17, 15) is 0 Å². The van der Waals surface area contributed by atoms with E-state index in [1.807, 2.05) is 0 Å². The number of hydrogen-bond donors (Lipinski definition) is 0. The van der Waals surface area contributed by atoms with Crippen LogP contribution in [0.4, 0.5) is 0 Å². The predicted molar refractivity (Wildman–Crippen MR) is 216 cm³/mol. The van der Waals surface area contributed by atoms with Crippen LogP contribution >= 0.6 is 0 Å². The Balaban J connectivity index is 1.15. The molecule has 232 valence electrons. The number of rotatable bonds is 4. The molecule has 0 aliphatic rings. The van der Waals surface area contributed by atoms with Gasteiger partial charge < -0.3 is 0 Å². The molecule has 0 radical (unpaired) electrons. The predicted octanol–water partition coefficient (Wildman–Crippen LogP) is 14.1. The molecule has 50 heavy (non-hydrogen) atoms. The minimum atomic E-state index is 1.22. The van der Waals surface area contributed by atoms with Gasteiger partial charge >= 0.3 is 0 Å². The van der Waals surface area contributed by atoms with Crippen LogP contribution in [-0.4, -0.2) is 0 Å². The van der Waals surface area contributed by atoms with Crippen molar-refractivity contribution in [2.24, 2.45) is 0 Å². The Morgan fingerprint density at radius 2 is 0.500 bits per heavy atom. The molecule has 10 aromatic carbocycles. The summed E-state index contributed by atoms with van der Waals surface area (Å²) in [7, 11) is 0. The monoisotopic (exact) mass is 632 g/mol. The topological polar surface area (TPSA) is 0 Å². The Hall–Kier alpha value is -6.50. The van der Waals surface area contributed by atoms with Crippen LogP contribution in [0.2, 0.25) is 0 Å². The maximum atomic E-state index is 2.38. The van der Waals surface area contributed by atoms with Crippen molar-refractivity contribution in [1.82, 2.24) is 0 Å². The van der Waals surface area contributed by atoms with Gasteiger partial charge in [-0.1, -0.05) is 164 Å². The van der Waals surface area contributed by atoms with Gasteiger partial charge in [0.2, 0.25) is 0 Å². The quantitative estimate of drug-likeness (QED) is 0.169. The lowest BCUT2D eigenvalue weighted by Crippen LogP contribution is -1.91. The van der Waals surface area contributed by atoms with Crippen molar-refractivity contribution < 1.29 is 0 Å². The third-order valence-electron chi connectivity index (χ3n) is 10.4. The molecule has 0 nitrogen and oxygen atoms in total.